The largest absolute Gasteiger partial charge is 0.330 e. The predicted molar refractivity (Wildman–Crippen MR) is 58.5 cm³/mol. The van der Waals surface area contributed by atoms with E-state index in [2.05, 4.69) is 11.4 Å². The SMILES string of the molecule is CC=CC(CCN)NCC(C)(C)N. The summed E-state index contributed by atoms with van der Waals surface area (Å²) in [4.78, 5) is 0. The highest BCUT2D eigenvalue weighted by Gasteiger charge is 2.12. The average molecular weight is 185 g/mol. The lowest BCUT2D eigenvalue weighted by molar-refractivity contribution is 0.436. The lowest BCUT2D eigenvalue weighted by atomic mass is 10.1. The first-order chi connectivity index (χ1) is 5.99. The Morgan fingerprint density at radius 2 is 2.08 bits per heavy atom. The second kappa shape index (κ2) is 6.13. The fraction of sp³-hybridized carbons (Fsp3) is 0.800. The second-order valence-corrected chi connectivity index (χ2v) is 4.08. The van der Waals surface area contributed by atoms with E-state index in [9.17, 15) is 0 Å². The third-order valence-corrected chi connectivity index (χ3v) is 1.72. The molecule has 0 aromatic heterocycles. The highest BCUT2D eigenvalue weighted by atomic mass is 15.0. The van der Waals surface area contributed by atoms with Gasteiger partial charge in [-0.05, 0) is 33.7 Å². The zero-order chi connectivity index (χ0) is 10.3. The van der Waals surface area contributed by atoms with Crippen LogP contribution in [-0.4, -0.2) is 24.7 Å². The molecule has 0 aromatic rings. The quantitative estimate of drug-likeness (QED) is 0.531. The topological polar surface area (TPSA) is 64.1 Å². The van der Waals surface area contributed by atoms with Crippen molar-refractivity contribution >= 4 is 0 Å². The minimum Gasteiger partial charge on any atom is -0.330 e. The zero-order valence-corrected chi connectivity index (χ0v) is 9.01. The summed E-state index contributed by atoms with van der Waals surface area (Å²) in [7, 11) is 0. The van der Waals surface area contributed by atoms with Crippen LogP contribution in [0.3, 0.4) is 0 Å². The van der Waals surface area contributed by atoms with Crippen molar-refractivity contribution in [3.8, 4) is 0 Å². The molecular formula is C10H23N3. The Balaban J connectivity index is 3.82. The summed E-state index contributed by atoms with van der Waals surface area (Å²) in [6.07, 6.45) is 5.12. The van der Waals surface area contributed by atoms with Crippen molar-refractivity contribution in [3.63, 3.8) is 0 Å². The Morgan fingerprint density at radius 1 is 1.46 bits per heavy atom. The molecule has 0 radical (unpaired) electrons. The standard InChI is InChI=1S/C10H23N3/c1-4-5-9(6-7-11)13-8-10(2,3)12/h4-5,9,13H,6-8,11-12H2,1-3H3. The van der Waals surface area contributed by atoms with Crippen LogP contribution in [0.5, 0.6) is 0 Å². The summed E-state index contributed by atoms with van der Waals surface area (Å²) in [5.41, 5.74) is 11.2. The summed E-state index contributed by atoms with van der Waals surface area (Å²) in [6, 6.07) is 0.359. The Labute approximate surface area is 81.6 Å². The van der Waals surface area contributed by atoms with E-state index in [0.29, 0.717) is 12.6 Å². The van der Waals surface area contributed by atoms with Crippen LogP contribution in [0.25, 0.3) is 0 Å². The van der Waals surface area contributed by atoms with Gasteiger partial charge in [0.1, 0.15) is 0 Å². The van der Waals surface area contributed by atoms with Crippen LogP contribution < -0.4 is 16.8 Å². The van der Waals surface area contributed by atoms with Crippen LogP contribution in [-0.2, 0) is 0 Å². The molecule has 78 valence electrons. The minimum absolute atomic E-state index is 0.158. The summed E-state index contributed by atoms with van der Waals surface area (Å²) < 4.78 is 0. The maximum absolute atomic E-state index is 5.86. The van der Waals surface area contributed by atoms with Crippen LogP contribution >= 0.6 is 0 Å². The molecule has 1 unspecified atom stereocenters. The van der Waals surface area contributed by atoms with Crippen LogP contribution in [0.4, 0.5) is 0 Å². The van der Waals surface area contributed by atoms with Gasteiger partial charge in [-0.15, -0.1) is 0 Å². The number of hydrogen-bond acceptors (Lipinski definition) is 3. The molecule has 3 nitrogen and oxygen atoms in total. The molecule has 0 amide bonds. The van der Waals surface area contributed by atoms with Crippen LogP contribution in [0.15, 0.2) is 12.2 Å². The molecule has 0 saturated heterocycles. The van der Waals surface area contributed by atoms with Crippen molar-refractivity contribution in [2.24, 2.45) is 11.5 Å². The van der Waals surface area contributed by atoms with Gasteiger partial charge in [0.05, 0.1) is 0 Å². The summed E-state index contributed by atoms with van der Waals surface area (Å²) in [5, 5.41) is 3.37. The van der Waals surface area contributed by atoms with Crippen molar-refractivity contribution in [2.45, 2.75) is 38.8 Å². The lowest BCUT2D eigenvalue weighted by Crippen LogP contribution is -2.46. The number of rotatable bonds is 6. The first kappa shape index (κ1) is 12.6. The number of hydrogen-bond donors (Lipinski definition) is 3. The van der Waals surface area contributed by atoms with Crippen LogP contribution in [0, 0.1) is 0 Å². The summed E-state index contributed by atoms with van der Waals surface area (Å²) in [6.45, 7) is 7.54. The maximum atomic E-state index is 5.86. The third kappa shape index (κ3) is 7.96. The van der Waals surface area contributed by atoms with Crippen molar-refractivity contribution in [2.75, 3.05) is 13.1 Å². The molecular weight excluding hydrogens is 162 g/mol. The van der Waals surface area contributed by atoms with Gasteiger partial charge in [-0.25, -0.2) is 0 Å². The molecule has 0 fully saturated rings. The van der Waals surface area contributed by atoms with Crippen molar-refractivity contribution in [1.29, 1.82) is 0 Å². The number of nitrogens with two attached hydrogens (primary N) is 2. The fourth-order valence-corrected chi connectivity index (χ4v) is 1.07. The highest BCUT2D eigenvalue weighted by Crippen LogP contribution is 1.98. The van der Waals surface area contributed by atoms with Gasteiger partial charge >= 0.3 is 0 Å². The zero-order valence-electron chi connectivity index (χ0n) is 9.01. The van der Waals surface area contributed by atoms with Crippen molar-refractivity contribution in [3.05, 3.63) is 12.2 Å². The predicted octanol–water partition coefficient (Wildman–Crippen LogP) is 0.607. The molecule has 0 spiro atoms. The Kier molecular flexibility index (Phi) is 5.95. The Hall–Kier alpha value is -0.380. The van der Waals surface area contributed by atoms with Gasteiger partial charge in [0, 0.05) is 18.1 Å². The van der Waals surface area contributed by atoms with E-state index in [1.165, 1.54) is 0 Å². The van der Waals surface area contributed by atoms with E-state index in [1.807, 2.05) is 26.8 Å². The molecule has 0 aromatic carbocycles. The lowest BCUT2D eigenvalue weighted by Gasteiger charge is -2.22. The van der Waals surface area contributed by atoms with E-state index < -0.39 is 0 Å². The molecule has 0 bridgehead atoms. The molecule has 0 heterocycles. The third-order valence-electron chi connectivity index (χ3n) is 1.72. The van der Waals surface area contributed by atoms with E-state index in [-0.39, 0.29) is 5.54 Å². The Bertz CT molecular complexity index is 147. The Morgan fingerprint density at radius 3 is 2.46 bits per heavy atom. The molecule has 3 heteroatoms. The highest BCUT2D eigenvalue weighted by molar-refractivity contribution is 4.92. The molecule has 5 N–H and O–H groups in total. The number of allylic oxidation sites excluding steroid dienone is 1. The van der Waals surface area contributed by atoms with E-state index in [1.54, 1.807) is 0 Å². The fourth-order valence-electron chi connectivity index (χ4n) is 1.07. The van der Waals surface area contributed by atoms with E-state index in [4.69, 9.17) is 11.5 Å². The maximum Gasteiger partial charge on any atom is 0.0262 e. The van der Waals surface area contributed by atoms with Gasteiger partial charge in [-0.3, -0.25) is 0 Å². The van der Waals surface area contributed by atoms with Crippen molar-refractivity contribution < 1.29 is 0 Å². The summed E-state index contributed by atoms with van der Waals surface area (Å²) in [5.74, 6) is 0. The first-order valence-electron chi connectivity index (χ1n) is 4.84. The van der Waals surface area contributed by atoms with E-state index in [0.717, 1.165) is 13.0 Å². The monoisotopic (exact) mass is 185 g/mol. The smallest absolute Gasteiger partial charge is 0.0262 e. The molecule has 0 saturated carbocycles. The van der Waals surface area contributed by atoms with Gasteiger partial charge in [0.2, 0.25) is 0 Å². The van der Waals surface area contributed by atoms with E-state index >= 15 is 0 Å². The molecule has 0 aliphatic heterocycles. The van der Waals surface area contributed by atoms with Gasteiger partial charge in [0.15, 0.2) is 0 Å². The molecule has 0 aliphatic carbocycles. The van der Waals surface area contributed by atoms with Gasteiger partial charge < -0.3 is 16.8 Å². The minimum atomic E-state index is -0.158. The van der Waals surface area contributed by atoms with Crippen LogP contribution in [0.2, 0.25) is 0 Å². The first-order valence-corrected chi connectivity index (χ1v) is 4.84. The molecule has 0 aliphatic rings. The van der Waals surface area contributed by atoms with Gasteiger partial charge in [-0.1, -0.05) is 12.2 Å². The molecule has 13 heavy (non-hydrogen) atoms. The summed E-state index contributed by atoms with van der Waals surface area (Å²) >= 11 is 0. The van der Waals surface area contributed by atoms with Gasteiger partial charge in [-0.2, -0.15) is 0 Å². The normalized spacial score (nSPS) is 15.2. The van der Waals surface area contributed by atoms with Crippen molar-refractivity contribution in [1.82, 2.24) is 5.32 Å². The van der Waals surface area contributed by atoms with Crippen LogP contribution in [0.1, 0.15) is 27.2 Å². The average Bonchev–Trinajstić information content (AvgIpc) is 2.00. The molecule has 0 rings (SSSR count). The van der Waals surface area contributed by atoms with Gasteiger partial charge in [0.25, 0.3) is 0 Å². The molecule has 1 atom stereocenters. The second-order valence-electron chi connectivity index (χ2n) is 4.08. The number of nitrogens with one attached hydrogen (secondary N) is 1.